The number of aromatic nitrogens is 3. The third kappa shape index (κ3) is 6.39. The fraction of sp³-hybridized carbons (Fsp3) is 0.457. The van der Waals surface area contributed by atoms with Crippen molar-refractivity contribution in [2.24, 2.45) is 0 Å². The van der Waals surface area contributed by atoms with Crippen LogP contribution >= 0.6 is 0 Å². The lowest BCUT2D eigenvalue weighted by atomic mass is 10.0. The van der Waals surface area contributed by atoms with Crippen molar-refractivity contribution in [2.45, 2.75) is 50.9 Å². The Morgan fingerprint density at radius 3 is 2.60 bits per heavy atom. The largest absolute Gasteiger partial charge is 0.481 e. The molecule has 1 aliphatic carbocycles. The molecule has 1 saturated carbocycles. The minimum atomic E-state index is -0.316. The molecular weight excluding hydrogens is 569 g/mol. The summed E-state index contributed by atoms with van der Waals surface area (Å²) in [6.07, 6.45) is 11.8. The van der Waals surface area contributed by atoms with Crippen molar-refractivity contribution in [2.75, 3.05) is 63.2 Å². The van der Waals surface area contributed by atoms with Crippen LogP contribution in [0.3, 0.4) is 0 Å². The standard InChI is InChI=1S/C35H42FN7O2/c1-39-13-15-40(16-14-39)33-19-32-30(18-31(33)36)35(44)26(23-43(32)27-7-8-27)22-42(21-25-9-11-38-34(17-25)45-2)29-6-4-12-41(24-29)28-5-3-10-37-20-28/h3,5,9-11,17-20,23,27,29H,4,6-8,12-16,21-22,24H2,1-2H3/t29-/m0/s1. The zero-order valence-corrected chi connectivity index (χ0v) is 26.2. The highest BCUT2D eigenvalue weighted by molar-refractivity contribution is 5.84. The first-order valence-electron chi connectivity index (χ1n) is 16.2. The number of halogens is 1. The van der Waals surface area contributed by atoms with Crippen LogP contribution in [0.5, 0.6) is 5.88 Å². The maximum atomic E-state index is 15.7. The quantitative estimate of drug-likeness (QED) is 0.270. The summed E-state index contributed by atoms with van der Waals surface area (Å²) in [5.74, 6) is 0.255. The SMILES string of the molecule is COc1cc(CN(Cc2cn(C3CC3)c3cc(N4CCN(C)CC4)c(F)cc3c2=O)[C@H]2CCCN(c3cccnc3)C2)ccn1. The summed E-state index contributed by atoms with van der Waals surface area (Å²) in [6.45, 7) is 6.25. The number of rotatable bonds is 9. The van der Waals surface area contributed by atoms with Gasteiger partial charge in [-0.05, 0) is 68.6 Å². The first kappa shape index (κ1) is 29.7. The number of piperazine rings is 1. The smallest absolute Gasteiger partial charge is 0.213 e. The molecule has 2 saturated heterocycles. The lowest BCUT2D eigenvalue weighted by Crippen LogP contribution is -2.48. The minimum absolute atomic E-state index is 0.0806. The van der Waals surface area contributed by atoms with Crippen LogP contribution in [0.4, 0.5) is 15.8 Å². The number of methoxy groups -OCH3 is 1. The predicted octanol–water partition coefficient (Wildman–Crippen LogP) is 4.70. The molecule has 2 aliphatic heterocycles. The normalized spacial score (nSPS) is 19.4. The van der Waals surface area contributed by atoms with Gasteiger partial charge in [-0.25, -0.2) is 9.37 Å². The number of hydrogen-bond donors (Lipinski definition) is 0. The molecule has 236 valence electrons. The first-order chi connectivity index (χ1) is 22.0. The van der Waals surface area contributed by atoms with E-state index >= 15 is 4.39 Å². The van der Waals surface area contributed by atoms with Gasteiger partial charge in [-0.3, -0.25) is 14.7 Å². The summed E-state index contributed by atoms with van der Waals surface area (Å²) < 4.78 is 23.4. The lowest BCUT2D eigenvalue weighted by Gasteiger charge is -2.40. The highest BCUT2D eigenvalue weighted by Crippen LogP contribution is 2.38. The van der Waals surface area contributed by atoms with Crippen LogP contribution in [-0.2, 0) is 13.1 Å². The van der Waals surface area contributed by atoms with Gasteiger partial charge < -0.3 is 24.0 Å². The van der Waals surface area contributed by atoms with Crippen molar-refractivity contribution in [3.05, 3.63) is 88.4 Å². The summed E-state index contributed by atoms with van der Waals surface area (Å²) in [5, 5.41) is 0.473. The van der Waals surface area contributed by atoms with Gasteiger partial charge in [-0.15, -0.1) is 0 Å². The van der Waals surface area contributed by atoms with Gasteiger partial charge in [0.25, 0.3) is 0 Å². The fourth-order valence-electron chi connectivity index (χ4n) is 6.93. The molecule has 3 fully saturated rings. The number of hydrogen-bond acceptors (Lipinski definition) is 8. The summed E-state index contributed by atoms with van der Waals surface area (Å²) in [6, 6.07) is 12.0. The third-order valence-corrected chi connectivity index (χ3v) is 9.65. The van der Waals surface area contributed by atoms with Crippen LogP contribution in [0.1, 0.15) is 42.9 Å². The van der Waals surface area contributed by atoms with Gasteiger partial charge in [-0.1, -0.05) is 0 Å². The molecule has 0 unspecified atom stereocenters. The molecular formula is C35H42FN7O2. The molecule has 0 bridgehead atoms. The molecule has 0 N–H and O–H groups in total. The highest BCUT2D eigenvalue weighted by atomic mass is 19.1. The molecule has 1 atom stereocenters. The lowest BCUT2D eigenvalue weighted by molar-refractivity contribution is 0.158. The monoisotopic (exact) mass is 611 g/mol. The molecule has 0 spiro atoms. The van der Waals surface area contributed by atoms with E-state index in [0.29, 0.717) is 41.6 Å². The second kappa shape index (κ2) is 12.8. The molecule has 5 heterocycles. The first-order valence-corrected chi connectivity index (χ1v) is 16.2. The Labute approximate surface area is 263 Å². The maximum absolute atomic E-state index is 15.7. The topological polar surface area (TPSA) is 70.0 Å². The fourth-order valence-corrected chi connectivity index (χ4v) is 6.93. The van der Waals surface area contributed by atoms with Crippen LogP contribution in [0, 0.1) is 5.82 Å². The predicted molar refractivity (Wildman–Crippen MR) is 176 cm³/mol. The Kier molecular flexibility index (Phi) is 8.42. The number of anilines is 2. The van der Waals surface area contributed by atoms with E-state index in [1.165, 1.54) is 6.07 Å². The van der Waals surface area contributed by atoms with E-state index in [-0.39, 0.29) is 17.3 Å². The van der Waals surface area contributed by atoms with E-state index in [0.717, 1.165) is 81.7 Å². The molecule has 0 amide bonds. The van der Waals surface area contributed by atoms with Crippen LogP contribution in [0.25, 0.3) is 10.9 Å². The average Bonchev–Trinajstić information content (AvgIpc) is 3.92. The number of likely N-dealkylation sites (N-methyl/N-ethyl adjacent to an activating group) is 1. The van der Waals surface area contributed by atoms with Gasteiger partial charge in [0.1, 0.15) is 5.82 Å². The zero-order chi connectivity index (χ0) is 30.9. The molecule has 9 nitrogen and oxygen atoms in total. The average molecular weight is 612 g/mol. The van der Waals surface area contributed by atoms with Crippen molar-refractivity contribution in [1.29, 1.82) is 0 Å². The Hall–Kier alpha value is -4.02. The van der Waals surface area contributed by atoms with Crippen molar-refractivity contribution in [1.82, 2.24) is 24.3 Å². The van der Waals surface area contributed by atoms with Crippen molar-refractivity contribution in [3.63, 3.8) is 0 Å². The van der Waals surface area contributed by atoms with E-state index in [1.807, 2.05) is 30.5 Å². The number of piperidine rings is 1. The molecule has 7 rings (SSSR count). The molecule has 45 heavy (non-hydrogen) atoms. The number of pyridine rings is 3. The minimum Gasteiger partial charge on any atom is -0.481 e. The Morgan fingerprint density at radius 2 is 1.84 bits per heavy atom. The van der Waals surface area contributed by atoms with Crippen LogP contribution in [0.2, 0.25) is 0 Å². The summed E-state index contributed by atoms with van der Waals surface area (Å²) in [5.41, 5.74) is 4.26. The molecule has 1 aromatic carbocycles. The van der Waals surface area contributed by atoms with Crippen molar-refractivity contribution in [3.8, 4) is 5.88 Å². The molecule has 4 aromatic rings. The number of fused-ring (bicyclic) bond motifs is 1. The second-order valence-corrected chi connectivity index (χ2v) is 12.8. The Balaban J connectivity index is 1.25. The van der Waals surface area contributed by atoms with Gasteiger partial charge in [0.05, 0.1) is 30.2 Å². The number of benzene rings is 1. The molecule has 0 radical (unpaired) electrons. The summed E-state index contributed by atoms with van der Waals surface area (Å²) in [4.78, 5) is 32.0. The molecule has 3 aromatic heterocycles. The van der Waals surface area contributed by atoms with Crippen molar-refractivity contribution >= 4 is 22.3 Å². The van der Waals surface area contributed by atoms with Gasteiger partial charge in [0.15, 0.2) is 5.43 Å². The van der Waals surface area contributed by atoms with Gasteiger partial charge >= 0.3 is 0 Å². The molecule has 3 aliphatic rings. The van der Waals surface area contributed by atoms with Crippen molar-refractivity contribution < 1.29 is 9.13 Å². The van der Waals surface area contributed by atoms with Crippen LogP contribution < -0.4 is 20.0 Å². The third-order valence-electron chi connectivity index (χ3n) is 9.65. The van der Waals surface area contributed by atoms with E-state index in [1.54, 1.807) is 19.5 Å². The van der Waals surface area contributed by atoms with Crippen LogP contribution in [0.15, 0.2) is 66.0 Å². The summed E-state index contributed by atoms with van der Waals surface area (Å²) >= 11 is 0. The zero-order valence-electron chi connectivity index (χ0n) is 26.2. The Bertz CT molecular complexity index is 1700. The highest BCUT2D eigenvalue weighted by Gasteiger charge is 2.30. The number of ether oxygens (including phenoxy) is 1. The van der Waals surface area contributed by atoms with E-state index in [4.69, 9.17) is 4.74 Å². The van der Waals surface area contributed by atoms with Crippen LogP contribution in [-0.4, -0.2) is 83.8 Å². The van der Waals surface area contributed by atoms with E-state index < -0.39 is 0 Å². The maximum Gasteiger partial charge on any atom is 0.213 e. The van der Waals surface area contributed by atoms with E-state index in [2.05, 4.69) is 53.4 Å². The van der Waals surface area contributed by atoms with Gasteiger partial charge in [0, 0.05) is 100 Å². The summed E-state index contributed by atoms with van der Waals surface area (Å²) in [7, 11) is 3.72. The van der Waals surface area contributed by atoms with Gasteiger partial charge in [-0.2, -0.15) is 0 Å². The second-order valence-electron chi connectivity index (χ2n) is 12.8. The Morgan fingerprint density at radius 1 is 1.00 bits per heavy atom. The van der Waals surface area contributed by atoms with Gasteiger partial charge in [0.2, 0.25) is 5.88 Å². The molecule has 10 heteroatoms. The number of nitrogens with zero attached hydrogens (tertiary/aromatic N) is 7. The van der Waals surface area contributed by atoms with E-state index in [9.17, 15) is 4.79 Å².